The van der Waals surface area contributed by atoms with Crippen molar-refractivity contribution in [1.82, 2.24) is 19.9 Å². The molecule has 0 aliphatic rings. The SMILES string of the molecule is CCN(CC)CCCOc1ccc(NC(=O)c2c[nH]c3ccc(OC)nc23)cn1. The minimum absolute atomic E-state index is 0.272. The molecular weight excluding hydrogens is 370 g/mol. The molecule has 0 spiro atoms. The number of H-pyrrole nitrogens is 1. The number of anilines is 1. The third kappa shape index (κ3) is 5.23. The van der Waals surface area contributed by atoms with E-state index >= 15 is 0 Å². The molecule has 3 aromatic rings. The van der Waals surface area contributed by atoms with E-state index in [4.69, 9.17) is 9.47 Å². The molecule has 0 aliphatic carbocycles. The van der Waals surface area contributed by atoms with E-state index in [9.17, 15) is 4.79 Å². The highest BCUT2D eigenvalue weighted by atomic mass is 16.5. The van der Waals surface area contributed by atoms with Gasteiger partial charge in [0.2, 0.25) is 11.8 Å². The Morgan fingerprint density at radius 2 is 1.97 bits per heavy atom. The molecule has 3 rings (SSSR count). The smallest absolute Gasteiger partial charge is 0.259 e. The van der Waals surface area contributed by atoms with E-state index in [2.05, 4.69) is 39.0 Å². The molecule has 8 nitrogen and oxygen atoms in total. The van der Waals surface area contributed by atoms with Crippen LogP contribution in [-0.2, 0) is 0 Å². The topological polar surface area (TPSA) is 92.4 Å². The Hall–Kier alpha value is -3.13. The van der Waals surface area contributed by atoms with E-state index in [1.807, 2.05) is 6.07 Å². The van der Waals surface area contributed by atoms with Crippen molar-refractivity contribution < 1.29 is 14.3 Å². The molecule has 8 heteroatoms. The maximum absolute atomic E-state index is 12.6. The maximum atomic E-state index is 12.6. The Balaban J connectivity index is 1.56. The molecule has 0 bridgehead atoms. The van der Waals surface area contributed by atoms with E-state index in [-0.39, 0.29) is 5.91 Å². The Morgan fingerprint density at radius 1 is 1.17 bits per heavy atom. The summed E-state index contributed by atoms with van der Waals surface area (Å²) in [5.74, 6) is 0.725. The number of hydrogen-bond acceptors (Lipinski definition) is 6. The fraction of sp³-hybridized carbons (Fsp3) is 0.381. The van der Waals surface area contributed by atoms with Crippen molar-refractivity contribution in [3.05, 3.63) is 42.2 Å². The number of methoxy groups -OCH3 is 1. The lowest BCUT2D eigenvalue weighted by atomic mass is 10.2. The summed E-state index contributed by atoms with van der Waals surface area (Å²) in [6.07, 6.45) is 4.16. The van der Waals surface area contributed by atoms with Gasteiger partial charge in [-0.25, -0.2) is 9.97 Å². The van der Waals surface area contributed by atoms with Gasteiger partial charge in [0.05, 0.1) is 36.7 Å². The number of aromatic nitrogens is 3. The molecule has 29 heavy (non-hydrogen) atoms. The molecule has 0 unspecified atom stereocenters. The van der Waals surface area contributed by atoms with Gasteiger partial charge in [-0.05, 0) is 31.6 Å². The molecule has 0 saturated heterocycles. The number of hydrogen-bond donors (Lipinski definition) is 2. The van der Waals surface area contributed by atoms with Crippen LogP contribution in [0.25, 0.3) is 11.0 Å². The predicted molar refractivity (Wildman–Crippen MR) is 113 cm³/mol. The molecule has 0 aliphatic heterocycles. The zero-order valence-electron chi connectivity index (χ0n) is 17.1. The summed E-state index contributed by atoms with van der Waals surface area (Å²) in [4.78, 5) is 26.6. The molecule has 3 aromatic heterocycles. The van der Waals surface area contributed by atoms with Gasteiger partial charge >= 0.3 is 0 Å². The van der Waals surface area contributed by atoms with Crippen LogP contribution in [0.1, 0.15) is 30.6 Å². The van der Waals surface area contributed by atoms with Gasteiger partial charge in [0, 0.05) is 24.9 Å². The highest BCUT2D eigenvalue weighted by Crippen LogP contribution is 2.21. The van der Waals surface area contributed by atoms with Crippen molar-refractivity contribution in [3.8, 4) is 11.8 Å². The van der Waals surface area contributed by atoms with Gasteiger partial charge in [-0.1, -0.05) is 13.8 Å². The molecule has 154 valence electrons. The Labute approximate surface area is 170 Å². The lowest BCUT2D eigenvalue weighted by Crippen LogP contribution is -2.25. The molecule has 3 heterocycles. The minimum atomic E-state index is -0.272. The van der Waals surface area contributed by atoms with Crippen LogP contribution in [0.15, 0.2) is 36.7 Å². The largest absolute Gasteiger partial charge is 0.481 e. The quantitative estimate of drug-likeness (QED) is 0.510. The molecular formula is C21H27N5O3. The minimum Gasteiger partial charge on any atom is -0.481 e. The van der Waals surface area contributed by atoms with Crippen molar-refractivity contribution in [3.63, 3.8) is 0 Å². The predicted octanol–water partition coefficient (Wildman–Crippen LogP) is 3.33. The lowest BCUT2D eigenvalue weighted by molar-refractivity contribution is 0.102. The summed E-state index contributed by atoms with van der Waals surface area (Å²) in [6, 6.07) is 7.09. The van der Waals surface area contributed by atoms with Crippen molar-refractivity contribution in [2.75, 3.05) is 38.7 Å². The van der Waals surface area contributed by atoms with E-state index in [0.29, 0.717) is 35.1 Å². The second kappa shape index (κ2) is 9.88. The lowest BCUT2D eigenvalue weighted by Gasteiger charge is -2.17. The van der Waals surface area contributed by atoms with E-state index in [0.717, 1.165) is 31.6 Å². The Kier molecular flexibility index (Phi) is 7.02. The normalized spacial score (nSPS) is 11.0. The van der Waals surface area contributed by atoms with Crippen LogP contribution >= 0.6 is 0 Å². The Morgan fingerprint density at radius 3 is 2.66 bits per heavy atom. The first-order chi connectivity index (χ1) is 14.1. The first-order valence-corrected chi connectivity index (χ1v) is 9.79. The van der Waals surface area contributed by atoms with Crippen molar-refractivity contribution in [2.45, 2.75) is 20.3 Å². The van der Waals surface area contributed by atoms with E-state index in [1.54, 1.807) is 37.7 Å². The zero-order valence-corrected chi connectivity index (χ0v) is 17.1. The van der Waals surface area contributed by atoms with Crippen LogP contribution in [-0.4, -0.2) is 59.1 Å². The van der Waals surface area contributed by atoms with Gasteiger partial charge in [-0.2, -0.15) is 0 Å². The number of rotatable bonds is 10. The Bertz CT molecular complexity index is 935. The number of carbonyl (C=O) groups is 1. The van der Waals surface area contributed by atoms with Crippen molar-refractivity contribution in [1.29, 1.82) is 0 Å². The number of ether oxygens (including phenoxy) is 2. The fourth-order valence-electron chi connectivity index (χ4n) is 3.01. The van der Waals surface area contributed by atoms with Gasteiger partial charge in [-0.3, -0.25) is 4.79 Å². The fourth-order valence-corrected chi connectivity index (χ4v) is 3.01. The highest BCUT2D eigenvalue weighted by molar-refractivity contribution is 6.11. The molecule has 0 fully saturated rings. The number of pyridine rings is 2. The summed E-state index contributed by atoms with van der Waals surface area (Å²) in [7, 11) is 1.54. The molecule has 0 atom stereocenters. The van der Waals surface area contributed by atoms with Crippen molar-refractivity contribution in [2.24, 2.45) is 0 Å². The number of nitrogens with zero attached hydrogens (tertiary/aromatic N) is 3. The van der Waals surface area contributed by atoms with Crippen LogP contribution in [0.3, 0.4) is 0 Å². The highest BCUT2D eigenvalue weighted by Gasteiger charge is 2.14. The standard InChI is InChI=1S/C21H27N5O3/c1-4-26(5-2)11-6-12-29-18-9-7-15(13-23-18)24-21(27)16-14-22-17-8-10-19(28-3)25-20(16)17/h7-10,13-14,22H,4-6,11-12H2,1-3H3,(H,24,27). The van der Waals surface area contributed by atoms with Crippen LogP contribution in [0.5, 0.6) is 11.8 Å². The molecule has 2 N–H and O–H groups in total. The third-order valence-electron chi connectivity index (χ3n) is 4.71. The van der Waals surface area contributed by atoms with Gasteiger partial charge in [-0.15, -0.1) is 0 Å². The monoisotopic (exact) mass is 397 g/mol. The average Bonchev–Trinajstić information content (AvgIpc) is 3.18. The van der Waals surface area contributed by atoms with Gasteiger partial charge in [0.15, 0.2) is 0 Å². The van der Waals surface area contributed by atoms with Crippen LogP contribution in [0.4, 0.5) is 5.69 Å². The molecule has 0 saturated carbocycles. The number of fused-ring (bicyclic) bond motifs is 1. The maximum Gasteiger partial charge on any atom is 0.259 e. The average molecular weight is 397 g/mol. The summed E-state index contributed by atoms with van der Waals surface area (Å²) in [5, 5.41) is 2.83. The van der Waals surface area contributed by atoms with Gasteiger partial charge in [0.25, 0.3) is 5.91 Å². The van der Waals surface area contributed by atoms with Crippen molar-refractivity contribution >= 4 is 22.6 Å². The van der Waals surface area contributed by atoms with Crippen LogP contribution < -0.4 is 14.8 Å². The number of carbonyl (C=O) groups excluding carboxylic acids is 1. The van der Waals surface area contributed by atoms with E-state index < -0.39 is 0 Å². The number of nitrogens with one attached hydrogen (secondary N) is 2. The number of amides is 1. The summed E-state index contributed by atoms with van der Waals surface area (Å²) < 4.78 is 10.8. The second-order valence-electron chi connectivity index (χ2n) is 6.52. The summed E-state index contributed by atoms with van der Waals surface area (Å²) >= 11 is 0. The van der Waals surface area contributed by atoms with Gasteiger partial charge in [0.1, 0.15) is 5.52 Å². The second-order valence-corrected chi connectivity index (χ2v) is 6.52. The first kappa shape index (κ1) is 20.6. The summed E-state index contributed by atoms with van der Waals surface area (Å²) in [6.45, 7) is 8.01. The first-order valence-electron chi connectivity index (χ1n) is 9.79. The molecule has 1 amide bonds. The van der Waals surface area contributed by atoms with Crippen LogP contribution in [0.2, 0.25) is 0 Å². The molecule has 0 radical (unpaired) electrons. The van der Waals surface area contributed by atoms with Crippen LogP contribution in [0, 0.1) is 0 Å². The summed E-state index contributed by atoms with van der Waals surface area (Å²) in [5.41, 5.74) is 2.35. The third-order valence-corrected chi connectivity index (χ3v) is 4.71. The zero-order chi connectivity index (χ0) is 20.6. The molecule has 0 aromatic carbocycles. The van der Waals surface area contributed by atoms with Gasteiger partial charge < -0.3 is 24.7 Å². The number of aromatic amines is 1. The van der Waals surface area contributed by atoms with E-state index in [1.165, 1.54) is 0 Å².